The molecule has 104 valence electrons. The van der Waals surface area contributed by atoms with Gasteiger partial charge in [0, 0.05) is 34.7 Å². The Kier molecular flexibility index (Phi) is 5.06. The van der Waals surface area contributed by atoms with Crippen molar-refractivity contribution in [3.05, 3.63) is 52.5 Å². The average molecular weight is 336 g/mol. The number of anilines is 1. The summed E-state index contributed by atoms with van der Waals surface area (Å²) in [6, 6.07) is 5.30. The Balaban J connectivity index is 2.04. The number of esters is 1. The molecule has 0 aliphatic heterocycles. The molecule has 0 spiro atoms. The van der Waals surface area contributed by atoms with Crippen LogP contribution in [0.15, 0.2) is 41.4 Å². The molecule has 0 aliphatic carbocycles. The van der Waals surface area contributed by atoms with Gasteiger partial charge in [-0.2, -0.15) is 0 Å². The first kappa shape index (κ1) is 14.5. The number of halogens is 1. The van der Waals surface area contributed by atoms with E-state index in [1.54, 1.807) is 31.5 Å². The van der Waals surface area contributed by atoms with Gasteiger partial charge in [-0.3, -0.25) is 0 Å². The van der Waals surface area contributed by atoms with Gasteiger partial charge in [0.2, 0.25) is 0 Å². The van der Waals surface area contributed by atoms with Gasteiger partial charge in [0.25, 0.3) is 0 Å². The van der Waals surface area contributed by atoms with Crippen LogP contribution in [0.2, 0.25) is 0 Å². The van der Waals surface area contributed by atoms with E-state index in [9.17, 15) is 4.79 Å². The number of aromatic nitrogens is 2. The van der Waals surface area contributed by atoms with Crippen LogP contribution >= 0.6 is 15.9 Å². The molecule has 1 heterocycles. The summed E-state index contributed by atoms with van der Waals surface area (Å²) in [6.07, 6.45) is 5.00. The molecule has 2 aromatic rings. The number of benzene rings is 1. The molecule has 0 bridgehead atoms. The van der Waals surface area contributed by atoms with Crippen LogP contribution in [0.5, 0.6) is 0 Å². The van der Waals surface area contributed by atoms with Gasteiger partial charge in [-0.05, 0) is 41.1 Å². The number of carbonyl (C=O) groups is 1. The summed E-state index contributed by atoms with van der Waals surface area (Å²) in [6.45, 7) is 2.76. The number of hydrogen-bond acceptors (Lipinski definition) is 5. The van der Waals surface area contributed by atoms with Crippen LogP contribution in [0.25, 0.3) is 0 Å². The van der Waals surface area contributed by atoms with Gasteiger partial charge in [0.05, 0.1) is 12.2 Å². The van der Waals surface area contributed by atoms with Crippen molar-refractivity contribution in [3.8, 4) is 0 Å². The summed E-state index contributed by atoms with van der Waals surface area (Å²) in [4.78, 5) is 19.5. The Bertz CT molecular complexity index is 590. The van der Waals surface area contributed by atoms with Gasteiger partial charge in [-0.1, -0.05) is 0 Å². The lowest BCUT2D eigenvalue weighted by molar-refractivity contribution is 0.0526. The minimum atomic E-state index is -0.323. The number of rotatable bonds is 5. The van der Waals surface area contributed by atoms with Crippen LogP contribution in [-0.4, -0.2) is 22.5 Å². The van der Waals surface area contributed by atoms with Crippen molar-refractivity contribution >= 4 is 27.6 Å². The molecule has 0 aliphatic rings. The smallest absolute Gasteiger partial charge is 0.338 e. The zero-order valence-corrected chi connectivity index (χ0v) is 12.6. The molecule has 20 heavy (non-hydrogen) atoms. The first-order valence-corrected chi connectivity index (χ1v) is 6.94. The molecule has 1 aromatic carbocycles. The van der Waals surface area contributed by atoms with Crippen LogP contribution in [0, 0.1) is 0 Å². The van der Waals surface area contributed by atoms with Crippen LogP contribution < -0.4 is 5.32 Å². The zero-order chi connectivity index (χ0) is 14.4. The van der Waals surface area contributed by atoms with Crippen LogP contribution in [0.1, 0.15) is 22.8 Å². The van der Waals surface area contributed by atoms with Gasteiger partial charge >= 0.3 is 5.97 Å². The second-order valence-corrected chi connectivity index (χ2v) is 4.87. The number of nitrogens with zero attached hydrogens (tertiary/aromatic N) is 2. The van der Waals surface area contributed by atoms with Gasteiger partial charge in [0.1, 0.15) is 6.33 Å². The van der Waals surface area contributed by atoms with E-state index >= 15 is 0 Å². The monoisotopic (exact) mass is 335 g/mol. The molecule has 6 heteroatoms. The maximum absolute atomic E-state index is 11.6. The summed E-state index contributed by atoms with van der Waals surface area (Å²) in [7, 11) is 0. The van der Waals surface area contributed by atoms with Gasteiger partial charge in [-0.15, -0.1) is 0 Å². The second kappa shape index (κ2) is 7.00. The topological polar surface area (TPSA) is 64.1 Å². The lowest BCUT2D eigenvalue weighted by atomic mass is 10.2. The second-order valence-electron chi connectivity index (χ2n) is 4.02. The van der Waals surface area contributed by atoms with Crippen molar-refractivity contribution in [2.24, 2.45) is 0 Å². The van der Waals surface area contributed by atoms with Crippen molar-refractivity contribution < 1.29 is 9.53 Å². The van der Waals surface area contributed by atoms with E-state index in [4.69, 9.17) is 4.74 Å². The Labute approximate surface area is 125 Å². The largest absolute Gasteiger partial charge is 0.462 e. The van der Waals surface area contributed by atoms with Crippen molar-refractivity contribution in [1.82, 2.24) is 9.97 Å². The number of hydrogen-bond donors (Lipinski definition) is 1. The van der Waals surface area contributed by atoms with E-state index in [0.717, 1.165) is 15.7 Å². The van der Waals surface area contributed by atoms with Crippen molar-refractivity contribution in [1.29, 1.82) is 0 Å². The first-order valence-electron chi connectivity index (χ1n) is 6.15. The lowest BCUT2D eigenvalue weighted by Gasteiger charge is -2.09. The maximum Gasteiger partial charge on any atom is 0.338 e. The molecule has 0 atom stereocenters. The fraction of sp³-hybridized carbons (Fsp3) is 0.214. The van der Waals surface area contributed by atoms with Crippen molar-refractivity contribution in [3.63, 3.8) is 0 Å². The third-order valence-electron chi connectivity index (χ3n) is 2.58. The highest BCUT2D eigenvalue weighted by Gasteiger charge is 2.09. The maximum atomic E-state index is 11.6. The molecule has 0 fully saturated rings. The lowest BCUT2D eigenvalue weighted by Crippen LogP contribution is -2.06. The summed E-state index contributed by atoms with van der Waals surface area (Å²) < 4.78 is 5.76. The summed E-state index contributed by atoms with van der Waals surface area (Å²) in [5.74, 6) is -0.323. The molecule has 0 saturated heterocycles. The standard InChI is InChI=1S/C14H14BrN3O2/c1-2-20-14(19)11-3-4-13(12(15)5-11)18-8-10-6-16-9-17-7-10/h3-7,9,18H,2,8H2,1H3. The quantitative estimate of drug-likeness (QED) is 0.851. The minimum Gasteiger partial charge on any atom is -0.462 e. The highest BCUT2D eigenvalue weighted by molar-refractivity contribution is 9.10. The molecule has 5 nitrogen and oxygen atoms in total. The van der Waals surface area contributed by atoms with Gasteiger partial charge in [-0.25, -0.2) is 14.8 Å². The van der Waals surface area contributed by atoms with Crippen LogP contribution in [0.4, 0.5) is 5.69 Å². The Morgan fingerprint density at radius 2 is 2.10 bits per heavy atom. The molecular weight excluding hydrogens is 322 g/mol. The van der Waals surface area contributed by atoms with Crippen molar-refractivity contribution in [2.75, 3.05) is 11.9 Å². The summed E-state index contributed by atoms with van der Waals surface area (Å²) in [5.41, 5.74) is 2.39. The van der Waals surface area contributed by atoms with Crippen LogP contribution in [0.3, 0.4) is 0 Å². The molecule has 0 radical (unpaired) electrons. The SMILES string of the molecule is CCOC(=O)c1ccc(NCc2cncnc2)c(Br)c1. The average Bonchev–Trinajstić information content (AvgIpc) is 2.47. The number of carbonyl (C=O) groups excluding carboxylic acids is 1. The van der Waals surface area contributed by atoms with E-state index in [0.29, 0.717) is 18.7 Å². The van der Waals surface area contributed by atoms with Gasteiger partial charge in [0.15, 0.2) is 0 Å². The Morgan fingerprint density at radius 1 is 1.35 bits per heavy atom. The molecular formula is C14H14BrN3O2. The fourth-order valence-corrected chi connectivity index (χ4v) is 2.14. The predicted molar refractivity (Wildman–Crippen MR) is 79.5 cm³/mol. The molecule has 0 unspecified atom stereocenters. The predicted octanol–water partition coefficient (Wildman–Crippen LogP) is 3.03. The van der Waals surface area contributed by atoms with E-state index in [1.807, 2.05) is 6.07 Å². The third kappa shape index (κ3) is 3.77. The Hall–Kier alpha value is -1.95. The van der Waals surface area contributed by atoms with Gasteiger partial charge < -0.3 is 10.1 Å². The number of ether oxygens (including phenoxy) is 1. The molecule has 0 amide bonds. The first-order chi connectivity index (χ1) is 9.70. The van der Waals surface area contributed by atoms with Crippen LogP contribution in [-0.2, 0) is 11.3 Å². The van der Waals surface area contributed by atoms with E-state index < -0.39 is 0 Å². The highest BCUT2D eigenvalue weighted by atomic mass is 79.9. The number of nitrogens with one attached hydrogen (secondary N) is 1. The highest BCUT2D eigenvalue weighted by Crippen LogP contribution is 2.24. The minimum absolute atomic E-state index is 0.323. The molecule has 1 N–H and O–H groups in total. The fourth-order valence-electron chi connectivity index (χ4n) is 1.62. The third-order valence-corrected chi connectivity index (χ3v) is 3.23. The van der Waals surface area contributed by atoms with Crippen molar-refractivity contribution in [2.45, 2.75) is 13.5 Å². The molecule has 2 rings (SSSR count). The Morgan fingerprint density at radius 3 is 2.75 bits per heavy atom. The van der Waals surface area contributed by atoms with E-state index in [1.165, 1.54) is 6.33 Å². The molecule has 0 saturated carbocycles. The normalized spacial score (nSPS) is 10.1. The zero-order valence-electron chi connectivity index (χ0n) is 11.0. The summed E-state index contributed by atoms with van der Waals surface area (Å²) in [5, 5.41) is 3.25. The van der Waals surface area contributed by atoms with E-state index in [2.05, 4.69) is 31.2 Å². The molecule has 1 aromatic heterocycles. The summed E-state index contributed by atoms with van der Waals surface area (Å²) >= 11 is 3.44. The van der Waals surface area contributed by atoms with E-state index in [-0.39, 0.29) is 5.97 Å².